The third-order valence-corrected chi connectivity index (χ3v) is 3.38. The van der Waals surface area contributed by atoms with Gasteiger partial charge in [-0.25, -0.2) is 0 Å². The van der Waals surface area contributed by atoms with Gasteiger partial charge >= 0.3 is 0 Å². The molecule has 0 saturated carbocycles. The highest BCUT2D eigenvalue weighted by molar-refractivity contribution is 7.98. The van der Waals surface area contributed by atoms with E-state index in [2.05, 4.69) is 15.3 Å². The lowest BCUT2D eigenvalue weighted by molar-refractivity contribution is 0.318. The molecule has 0 atom stereocenters. The van der Waals surface area contributed by atoms with Gasteiger partial charge in [-0.3, -0.25) is 4.79 Å². The third-order valence-electron chi connectivity index (χ3n) is 2.76. The minimum atomic E-state index is -0.320. The highest BCUT2D eigenvalue weighted by Gasteiger charge is 2.07. The van der Waals surface area contributed by atoms with Crippen LogP contribution in [-0.2, 0) is 0 Å². The summed E-state index contributed by atoms with van der Waals surface area (Å²) in [5.74, 6) is 0.426. The van der Waals surface area contributed by atoms with Gasteiger partial charge in [0.15, 0.2) is 11.5 Å². The molecule has 1 aromatic carbocycles. The summed E-state index contributed by atoms with van der Waals surface area (Å²) < 4.78 is 6.51. The molecule has 0 spiro atoms. The van der Waals surface area contributed by atoms with Crippen LogP contribution in [0.4, 0.5) is 0 Å². The zero-order valence-electron chi connectivity index (χ0n) is 12.5. The Kier molecular flexibility index (Phi) is 5.16. The van der Waals surface area contributed by atoms with Crippen LogP contribution >= 0.6 is 11.8 Å². The molecule has 1 heterocycles. The number of rotatable bonds is 5. The van der Waals surface area contributed by atoms with Gasteiger partial charge in [0.05, 0.1) is 12.8 Å². The summed E-state index contributed by atoms with van der Waals surface area (Å²) in [6, 6.07) is 4.83. The summed E-state index contributed by atoms with van der Waals surface area (Å²) in [7, 11) is 0. The molecule has 8 heteroatoms. The number of aromatic hydroxyl groups is 1. The highest BCUT2D eigenvalue weighted by atomic mass is 32.2. The van der Waals surface area contributed by atoms with Crippen molar-refractivity contribution in [2.45, 2.75) is 19.0 Å². The van der Waals surface area contributed by atoms with E-state index in [0.29, 0.717) is 23.1 Å². The molecule has 0 bridgehead atoms. The maximum atomic E-state index is 12.1. The fourth-order valence-corrected chi connectivity index (χ4v) is 2.10. The average molecular weight is 320 g/mol. The van der Waals surface area contributed by atoms with Crippen LogP contribution in [-0.4, -0.2) is 39.1 Å². The summed E-state index contributed by atoms with van der Waals surface area (Å²) in [4.78, 5) is 12.1. The van der Waals surface area contributed by atoms with Crippen LogP contribution in [0.15, 0.2) is 33.3 Å². The normalized spacial score (nSPS) is 11.0. The second-order valence-corrected chi connectivity index (χ2v) is 5.07. The van der Waals surface area contributed by atoms with Crippen molar-refractivity contribution in [3.8, 4) is 11.5 Å². The van der Waals surface area contributed by atoms with Crippen LogP contribution in [0.2, 0.25) is 0 Å². The maximum absolute atomic E-state index is 12.1. The number of phenolic OH excluding ortho intramolecular Hbond substituents is 1. The number of aryl methyl sites for hydroxylation is 1. The second kappa shape index (κ2) is 7.08. The molecule has 0 fully saturated rings. The zero-order valence-corrected chi connectivity index (χ0v) is 13.3. The van der Waals surface area contributed by atoms with E-state index in [1.807, 2.05) is 6.92 Å². The van der Waals surface area contributed by atoms with E-state index in [1.165, 1.54) is 28.7 Å². The molecule has 1 N–H and O–H groups in total. The fraction of sp³-hybridized carbons (Fsp3) is 0.286. The van der Waals surface area contributed by atoms with Crippen LogP contribution in [0.3, 0.4) is 0 Å². The first-order valence-corrected chi connectivity index (χ1v) is 7.79. The molecule has 0 aliphatic carbocycles. The topological polar surface area (TPSA) is 89.6 Å². The highest BCUT2D eigenvalue weighted by Crippen LogP contribution is 2.26. The van der Waals surface area contributed by atoms with Crippen LogP contribution < -0.4 is 10.3 Å². The van der Waals surface area contributed by atoms with Crippen molar-refractivity contribution >= 4 is 18.0 Å². The first-order chi connectivity index (χ1) is 10.6. The van der Waals surface area contributed by atoms with Gasteiger partial charge in [0.1, 0.15) is 5.69 Å². The first-order valence-electron chi connectivity index (χ1n) is 6.57. The molecular formula is C14H16N4O3S. The summed E-state index contributed by atoms with van der Waals surface area (Å²) in [5, 5.41) is 21.9. The molecule has 0 unspecified atom stereocenters. The quantitative estimate of drug-likeness (QED) is 0.665. The average Bonchev–Trinajstić information content (AvgIpc) is 2.52. The van der Waals surface area contributed by atoms with Gasteiger partial charge in [-0.2, -0.15) is 9.78 Å². The van der Waals surface area contributed by atoms with E-state index in [4.69, 9.17) is 4.74 Å². The Bertz CT molecular complexity index is 758. The van der Waals surface area contributed by atoms with E-state index in [-0.39, 0.29) is 17.0 Å². The molecule has 0 radical (unpaired) electrons. The molecule has 0 saturated heterocycles. The van der Waals surface area contributed by atoms with E-state index >= 15 is 0 Å². The van der Waals surface area contributed by atoms with Crippen molar-refractivity contribution in [2.24, 2.45) is 5.10 Å². The number of hydrogen-bond acceptors (Lipinski definition) is 7. The van der Waals surface area contributed by atoms with Gasteiger partial charge in [0.2, 0.25) is 5.16 Å². The molecule has 7 nitrogen and oxygen atoms in total. The molecule has 0 aliphatic rings. The molecule has 1 aromatic heterocycles. The summed E-state index contributed by atoms with van der Waals surface area (Å²) in [6.45, 7) is 3.85. The number of benzene rings is 1. The Morgan fingerprint density at radius 3 is 2.91 bits per heavy atom. The van der Waals surface area contributed by atoms with Gasteiger partial charge in [0, 0.05) is 0 Å². The smallest absolute Gasteiger partial charge is 0.296 e. The molecule has 2 rings (SSSR count). The largest absolute Gasteiger partial charge is 0.504 e. The fourth-order valence-electron chi connectivity index (χ4n) is 1.68. The van der Waals surface area contributed by atoms with Crippen molar-refractivity contribution in [3.63, 3.8) is 0 Å². The predicted molar refractivity (Wildman–Crippen MR) is 85.1 cm³/mol. The van der Waals surface area contributed by atoms with Crippen molar-refractivity contribution in [1.29, 1.82) is 0 Å². The van der Waals surface area contributed by atoms with Crippen LogP contribution in [0.25, 0.3) is 0 Å². The molecule has 22 heavy (non-hydrogen) atoms. The van der Waals surface area contributed by atoms with Gasteiger partial charge in [-0.15, -0.1) is 10.2 Å². The summed E-state index contributed by atoms with van der Waals surface area (Å²) >= 11 is 1.28. The SMILES string of the molecule is CCOc1cc(/C=N\n2c(SC)nnc(C)c2=O)ccc1O. The molecule has 0 aliphatic heterocycles. The summed E-state index contributed by atoms with van der Waals surface area (Å²) in [6.07, 6.45) is 3.29. The van der Waals surface area contributed by atoms with Crippen molar-refractivity contribution < 1.29 is 9.84 Å². The molecule has 0 amide bonds. The zero-order chi connectivity index (χ0) is 16.1. The van der Waals surface area contributed by atoms with E-state index in [0.717, 1.165) is 0 Å². The number of aromatic nitrogens is 3. The van der Waals surface area contributed by atoms with Crippen molar-refractivity contribution in [2.75, 3.05) is 12.9 Å². The summed E-state index contributed by atoms with van der Waals surface area (Å²) in [5.41, 5.74) is 0.643. The third kappa shape index (κ3) is 3.45. The monoisotopic (exact) mass is 320 g/mol. The van der Waals surface area contributed by atoms with E-state index in [1.54, 1.807) is 25.3 Å². The van der Waals surface area contributed by atoms with Crippen molar-refractivity contribution in [1.82, 2.24) is 14.9 Å². The van der Waals surface area contributed by atoms with E-state index in [9.17, 15) is 9.90 Å². The lowest BCUT2D eigenvalue weighted by atomic mass is 10.2. The maximum Gasteiger partial charge on any atom is 0.296 e. The van der Waals surface area contributed by atoms with Gasteiger partial charge in [-0.05, 0) is 43.9 Å². The predicted octanol–water partition coefficient (Wildman–Crippen LogP) is 1.66. The van der Waals surface area contributed by atoms with Gasteiger partial charge in [0.25, 0.3) is 5.56 Å². The Balaban J connectivity index is 2.39. The lowest BCUT2D eigenvalue weighted by Gasteiger charge is -2.06. The molecule has 2 aromatic rings. The van der Waals surface area contributed by atoms with Crippen LogP contribution in [0.1, 0.15) is 18.2 Å². The number of phenols is 1. The lowest BCUT2D eigenvalue weighted by Crippen LogP contribution is -2.23. The Morgan fingerprint density at radius 2 is 2.23 bits per heavy atom. The van der Waals surface area contributed by atoms with Crippen molar-refractivity contribution in [3.05, 3.63) is 39.8 Å². The van der Waals surface area contributed by atoms with Crippen LogP contribution in [0, 0.1) is 6.92 Å². The number of thioether (sulfide) groups is 1. The second-order valence-electron chi connectivity index (χ2n) is 4.29. The minimum absolute atomic E-state index is 0.0578. The standard InChI is InChI=1S/C14H16N4O3S/c1-4-21-12-7-10(5-6-11(12)19)8-15-18-13(20)9(2)16-17-14(18)22-3/h5-8,19H,4H2,1-3H3/b15-8-. The first kappa shape index (κ1) is 16.0. The Labute approximate surface area is 131 Å². The minimum Gasteiger partial charge on any atom is -0.504 e. The number of ether oxygens (including phenoxy) is 1. The van der Waals surface area contributed by atoms with Crippen LogP contribution in [0.5, 0.6) is 11.5 Å². The van der Waals surface area contributed by atoms with Gasteiger partial charge < -0.3 is 9.84 Å². The van der Waals surface area contributed by atoms with Gasteiger partial charge in [-0.1, -0.05) is 11.8 Å². The van der Waals surface area contributed by atoms with E-state index < -0.39 is 0 Å². The number of nitrogens with zero attached hydrogens (tertiary/aromatic N) is 4. The Hall–Kier alpha value is -2.35. The molecule has 116 valence electrons. The molecular weight excluding hydrogens is 304 g/mol. The Morgan fingerprint density at radius 1 is 1.45 bits per heavy atom. The number of hydrogen-bond donors (Lipinski definition) is 1.